The maximum atomic E-state index is 12.2. The Bertz CT molecular complexity index is 712. The van der Waals surface area contributed by atoms with Crippen LogP contribution in [0.15, 0.2) is 42.6 Å². The molecular weight excluding hydrogens is 310 g/mol. The van der Waals surface area contributed by atoms with Gasteiger partial charge >= 0.3 is 5.97 Å². The number of aromatic nitrogens is 1. The van der Waals surface area contributed by atoms with Crippen molar-refractivity contribution in [2.75, 3.05) is 12.8 Å². The number of nitrogens with zero attached hydrogens (tertiary/aromatic N) is 1. The van der Waals surface area contributed by atoms with Gasteiger partial charge in [0.05, 0.1) is 13.2 Å². The fraction of sp³-hybridized carbons (Fsp3) is 0.235. The Morgan fingerprint density at radius 3 is 2.29 bits per heavy atom. The van der Waals surface area contributed by atoms with Crippen LogP contribution < -0.4 is 11.1 Å². The van der Waals surface area contributed by atoms with Crippen LogP contribution in [-0.2, 0) is 9.53 Å². The summed E-state index contributed by atoms with van der Waals surface area (Å²) in [6.07, 6.45) is 0.464. The molecule has 4 N–H and O–H groups in total. The van der Waals surface area contributed by atoms with Gasteiger partial charge in [0.25, 0.3) is 5.91 Å². The Balaban J connectivity index is 2.13. The number of esters is 1. The number of aliphatic hydroxyl groups is 1. The molecule has 7 nitrogen and oxygen atoms in total. The van der Waals surface area contributed by atoms with Crippen molar-refractivity contribution >= 4 is 17.6 Å². The van der Waals surface area contributed by atoms with Crippen LogP contribution in [-0.4, -0.2) is 41.2 Å². The van der Waals surface area contributed by atoms with Crippen molar-refractivity contribution in [1.82, 2.24) is 10.3 Å². The number of benzene rings is 1. The predicted octanol–water partition coefficient (Wildman–Crippen LogP) is 0.983. The zero-order valence-corrected chi connectivity index (χ0v) is 13.4. The van der Waals surface area contributed by atoms with E-state index in [-0.39, 0.29) is 5.69 Å². The molecule has 1 aromatic heterocycles. The van der Waals surface area contributed by atoms with Crippen LogP contribution in [0.3, 0.4) is 0 Å². The highest BCUT2D eigenvalue weighted by Gasteiger charge is 2.27. The maximum Gasteiger partial charge on any atom is 0.331 e. The highest BCUT2D eigenvalue weighted by atomic mass is 16.5. The lowest BCUT2D eigenvalue weighted by Crippen LogP contribution is -2.48. The van der Waals surface area contributed by atoms with Gasteiger partial charge in [-0.15, -0.1) is 0 Å². The first kappa shape index (κ1) is 17.4. The van der Waals surface area contributed by atoms with Crippen LogP contribution in [0.4, 0.5) is 5.69 Å². The summed E-state index contributed by atoms with van der Waals surface area (Å²) < 4.78 is 4.55. The fourth-order valence-corrected chi connectivity index (χ4v) is 2.09. The van der Waals surface area contributed by atoms with Crippen LogP contribution >= 0.6 is 0 Å². The van der Waals surface area contributed by atoms with Gasteiger partial charge in [0.1, 0.15) is 5.69 Å². The van der Waals surface area contributed by atoms with Gasteiger partial charge in [0.15, 0.2) is 6.04 Å². The molecule has 0 spiro atoms. The first-order valence-electron chi connectivity index (χ1n) is 7.31. The van der Waals surface area contributed by atoms with Crippen molar-refractivity contribution in [1.29, 1.82) is 0 Å². The number of pyridine rings is 1. The van der Waals surface area contributed by atoms with Gasteiger partial charge < -0.3 is 20.9 Å². The number of aliphatic hydroxyl groups excluding tert-OH is 1. The molecule has 0 aliphatic heterocycles. The lowest BCUT2D eigenvalue weighted by Gasteiger charge is -2.18. The molecule has 1 amide bonds. The SMILES string of the molecule is COC(=O)[C@@H](NC(=O)c1ccc(-c2ccc(N)cc2)cn1)[C@@H](C)O. The quantitative estimate of drug-likeness (QED) is 0.556. The lowest BCUT2D eigenvalue weighted by atomic mass is 10.1. The number of nitrogens with one attached hydrogen (secondary N) is 1. The normalized spacial score (nSPS) is 13.0. The van der Waals surface area contributed by atoms with Gasteiger partial charge in [-0.2, -0.15) is 0 Å². The highest BCUT2D eigenvalue weighted by molar-refractivity contribution is 5.95. The van der Waals surface area contributed by atoms with Crippen LogP contribution in [0.5, 0.6) is 0 Å². The number of hydrogen-bond acceptors (Lipinski definition) is 6. The van der Waals surface area contributed by atoms with Crippen molar-refractivity contribution < 1.29 is 19.4 Å². The molecule has 0 aliphatic carbocycles. The van der Waals surface area contributed by atoms with Crippen LogP contribution in [0.1, 0.15) is 17.4 Å². The fourth-order valence-electron chi connectivity index (χ4n) is 2.09. The third-order valence-electron chi connectivity index (χ3n) is 3.46. The number of hydrogen-bond donors (Lipinski definition) is 3. The summed E-state index contributed by atoms with van der Waals surface area (Å²) in [7, 11) is 1.18. The average Bonchev–Trinajstić information content (AvgIpc) is 2.59. The maximum absolute atomic E-state index is 12.2. The molecule has 2 atom stereocenters. The third-order valence-corrected chi connectivity index (χ3v) is 3.46. The van der Waals surface area contributed by atoms with Crippen LogP contribution in [0, 0.1) is 0 Å². The number of ether oxygens (including phenoxy) is 1. The minimum Gasteiger partial charge on any atom is -0.467 e. The Hall–Kier alpha value is -2.93. The number of amides is 1. The van der Waals surface area contributed by atoms with Crippen molar-refractivity contribution in [2.24, 2.45) is 0 Å². The van der Waals surface area contributed by atoms with Crippen LogP contribution in [0.2, 0.25) is 0 Å². The number of nitrogen functional groups attached to an aromatic ring is 1. The number of carbonyl (C=O) groups excluding carboxylic acids is 2. The highest BCUT2D eigenvalue weighted by Crippen LogP contribution is 2.19. The molecular formula is C17H19N3O4. The van der Waals surface area contributed by atoms with E-state index in [4.69, 9.17) is 5.73 Å². The van der Waals surface area contributed by atoms with Crippen LogP contribution in [0.25, 0.3) is 11.1 Å². The molecule has 2 aromatic rings. The Morgan fingerprint density at radius 1 is 1.17 bits per heavy atom. The molecule has 0 bridgehead atoms. The summed E-state index contributed by atoms with van der Waals surface area (Å²) in [5, 5.41) is 12.0. The number of carbonyl (C=O) groups is 2. The monoisotopic (exact) mass is 329 g/mol. The molecule has 0 saturated carbocycles. The largest absolute Gasteiger partial charge is 0.467 e. The molecule has 7 heteroatoms. The predicted molar refractivity (Wildman–Crippen MR) is 89.0 cm³/mol. The zero-order valence-electron chi connectivity index (χ0n) is 13.4. The third kappa shape index (κ3) is 4.08. The van der Waals surface area contributed by atoms with Gasteiger partial charge in [-0.1, -0.05) is 18.2 Å². The molecule has 0 aliphatic rings. The number of methoxy groups -OCH3 is 1. The summed E-state index contributed by atoms with van der Waals surface area (Å²) >= 11 is 0. The molecule has 0 saturated heterocycles. The molecule has 0 fully saturated rings. The summed E-state index contributed by atoms with van der Waals surface area (Å²) in [6, 6.07) is 9.39. The van der Waals surface area contributed by atoms with Gasteiger partial charge in [-0.3, -0.25) is 9.78 Å². The number of anilines is 1. The smallest absolute Gasteiger partial charge is 0.331 e. The molecule has 1 heterocycles. The van der Waals surface area contributed by atoms with E-state index in [1.165, 1.54) is 20.1 Å². The van der Waals surface area contributed by atoms with E-state index in [2.05, 4.69) is 15.0 Å². The standard InChI is InChI=1S/C17H19N3O4/c1-10(21)15(17(23)24-2)20-16(22)14-8-5-12(9-19-14)11-3-6-13(18)7-4-11/h3-10,15,21H,18H2,1-2H3,(H,20,22)/t10-,15+/m1/s1. The molecule has 2 rings (SSSR count). The van der Waals surface area contributed by atoms with Crippen molar-refractivity contribution in [3.8, 4) is 11.1 Å². The second-order valence-electron chi connectivity index (χ2n) is 5.27. The van der Waals surface area contributed by atoms with Gasteiger partial charge in [0.2, 0.25) is 0 Å². The van der Waals surface area contributed by atoms with Crippen molar-refractivity contribution in [3.63, 3.8) is 0 Å². The first-order valence-corrected chi connectivity index (χ1v) is 7.31. The van der Waals surface area contributed by atoms with Gasteiger partial charge in [-0.05, 0) is 30.7 Å². The Kier molecular flexibility index (Phi) is 5.49. The second-order valence-corrected chi connectivity index (χ2v) is 5.27. The minimum absolute atomic E-state index is 0.128. The Morgan fingerprint density at radius 2 is 1.79 bits per heavy atom. The lowest BCUT2D eigenvalue weighted by molar-refractivity contribution is -0.145. The molecule has 0 radical (unpaired) electrons. The van der Waals surface area contributed by atoms with E-state index >= 15 is 0 Å². The van der Waals surface area contributed by atoms with E-state index in [1.807, 2.05) is 12.1 Å². The summed E-state index contributed by atoms with van der Waals surface area (Å²) in [5.41, 5.74) is 8.18. The number of rotatable bonds is 5. The second kappa shape index (κ2) is 7.56. The van der Waals surface area contributed by atoms with E-state index in [0.29, 0.717) is 5.69 Å². The molecule has 24 heavy (non-hydrogen) atoms. The topological polar surface area (TPSA) is 115 Å². The molecule has 0 unspecified atom stereocenters. The van der Waals surface area contributed by atoms with E-state index < -0.39 is 24.0 Å². The first-order chi connectivity index (χ1) is 11.4. The summed E-state index contributed by atoms with van der Waals surface area (Å²) in [6.45, 7) is 1.39. The zero-order chi connectivity index (χ0) is 17.7. The van der Waals surface area contributed by atoms with E-state index in [1.54, 1.807) is 24.4 Å². The van der Waals surface area contributed by atoms with Gasteiger partial charge in [0, 0.05) is 17.4 Å². The van der Waals surface area contributed by atoms with Gasteiger partial charge in [-0.25, -0.2) is 4.79 Å². The number of nitrogens with two attached hydrogens (primary N) is 1. The van der Waals surface area contributed by atoms with Crippen molar-refractivity contribution in [2.45, 2.75) is 19.1 Å². The van der Waals surface area contributed by atoms with E-state index in [9.17, 15) is 14.7 Å². The summed E-state index contributed by atoms with van der Waals surface area (Å²) in [4.78, 5) is 27.8. The molecule has 126 valence electrons. The van der Waals surface area contributed by atoms with E-state index in [0.717, 1.165) is 11.1 Å². The Labute approximate surface area is 139 Å². The minimum atomic E-state index is -1.15. The van der Waals surface area contributed by atoms with Crippen molar-refractivity contribution in [3.05, 3.63) is 48.3 Å². The average molecular weight is 329 g/mol. The molecule has 1 aromatic carbocycles. The summed E-state index contributed by atoms with van der Waals surface area (Å²) in [5.74, 6) is -1.30.